The van der Waals surface area contributed by atoms with Gasteiger partial charge in [-0.2, -0.15) is 0 Å². The topological polar surface area (TPSA) is 67.8 Å². The first-order chi connectivity index (χ1) is 10.7. The summed E-state index contributed by atoms with van der Waals surface area (Å²) >= 11 is 2.73. The highest BCUT2D eigenvalue weighted by molar-refractivity contribution is 7.13. The Labute approximate surface area is 136 Å². The number of aromatic nitrogens is 3. The number of benzene rings is 1. The maximum Gasteiger partial charge on any atom is 0.269 e. The van der Waals surface area contributed by atoms with Crippen molar-refractivity contribution in [1.82, 2.24) is 14.6 Å². The van der Waals surface area contributed by atoms with Gasteiger partial charge in [0.15, 0.2) is 0 Å². The van der Waals surface area contributed by atoms with Crippen molar-refractivity contribution >= 4 is 34.5 Å². The van der Waals surface area contributed by atoms with Crippen LogP contribution in [0.4, 0.5) is 5.69 Å². The number of anilines is 1. The Balaban J connectivity index is 1.75. The van der Waals surface area contributed by atoms with Crippen molar-refractivity contribution in [1.29, 1.82) is 0 Å². The largest absolute Gasteiger partial charge is 0.321 e. The van der Waals surface area contributed by atoms with Crippen molar-refractivity contribution in [2.24, 2.45) is 0 Å². The van der Waals surface area contributed by atoms with Gasteiger partial charge >= 0.3 is 0 Å². The Morgan fingerprint density at radius 2 is 2.05 bits per heavy atom. The minimum atomic E-state index is -0.162. The predicted octanol–water partition coefficient (Wildman–Crippen LogP) is 3.78. The molecule has 5 nitrogen and oxygen atoms in total. The van der Waals surface area contributed by atoms with Gasteiger partial charge in [-0.1, -0.05) is 11.4 Å². The van der Waals surface area contributed by atoms with E-state index in [1.165, 1.54) is 0 Å². The lowest BCUT2D eigenvalue weighted by Crippen LogP contribution is -2.12. The van der Waals surface area contributed by atoms with Gasteiger partial charge < -0.3 is 5.32 Å². The molecule has 2 aromatic heterocycles. The third-order valence-electron chi connectivity index (χ3n) is 3.11. The molecule has 112 valence electrons. The van der Waals surface area contributed by atoms with Gasteiger partial charge in [0.1, 0.15) is 9.88 Å². The molecule has 0 aliphatic heterocycles. The van der Waals surface area contributed by atoms with Crippen LogP contribution < -0.4 is 5.32 Å². The molecular weight excluding hydrogens is 316 g/mol. The van der Waals surface area contributed by atoms with Crippen LogP contribution in [0.1, 0.15) is 28.0 Å². The fourth-order valence-electron chi connectivity index (χ4n) is 1.98. The zero-order chi connectivity index (χ0) is 15.5. The van der Waals surface area contributed by atoms with E-state index >= 15 is 0 Å². The van der Waals surface area contributed by atoms with Crippen molar-refractivity contribution < 1.29 is 4.79 Å². The van der Waals surface area contributed by atoms with Crippen LogP contribution in [0.3, 0.4) is 0 Å². The van der Waals surface area contributed by atoms with Crippen LogP contribution in [0, 0.1) is 6.92 Å². The Hall–Kier alpha value is -2.12. The fraction of sp³-hybridized carbons (Fsp3) is 0.200. The molecule has 0 unspecified atom stereocenters. The number of hydrogen-bond donors (Lipinski definition) is 1. The van der Waals surface area contributed by atoms with E-state index in [2.05, 4.69) is 19.9 Å². The second-order valence-corrected chi connectivity index (χ2v) is 6.34. The number of thiazole rings is 1. The van der Waals surface area contributed by atoms with Crippen molar-refractivity contribution in [3.05, 3.63) is 45.9 Å². The molecule has 1 aromatic carbocycles. The number of nitrogens with one attached hydrogen (secondary N) is 1. The van der Waals surface area contributed by atoms with E-state index in [-0.39, 0.29) is 5.91 Å². The number of aryl methyl sites for hydroxylation is 2. The average Bonchev–Trinajstić information content (AvgIpc) is 3.16. The van der Waals surface area contributed by atoms with Gasteiger partial charge in [0, 0.05) is 22.3 Å². The zero-order valence-electron chi connectivity index (χ0n) is 12.2. The molecule has 0 saturated carbocycles. The van der Waals surface area contributed by atoms with Crippen LogP contribution in [0.5, 0.6) is 0 Å². The zero-order valence-corrected chi connectivity index (χ0v) is 13.8. The molecule has 7 heteroatoms. The van der Waals surface area contributed by atoms with E-state index in [0.717, 1.165) is 39.2 Å². The summed E-state index contributed by atoms with van der Waals surface area (Å²) in [6.45, 7) is 3.93. The standard InChI is InChI=1S/C15H14N4OS2/c1-3-12-13(22-19-18-12)14(20)17-11-6-4-10(5-7-11)15-16-9(2)8-21-15/h4-8H,3H2,1-2H3,(H,17,20). The minimum absolute atomic E-state index is 0.162. The predicted molar refractivity (Wildman–Crippen MR) is 89.5 cm³/mol. The number of amides is 1. The van der Waals surface area contributed by atoms with Gasteiger partial charge in [-0.05, 0) is 49.1 Å². The number of hydrogen-bond acceptors (Lipinski definition) is 6. The molecule has 0 atom stereocenters. The van der Waals surface area contributed by atoms with E-state index in [1.807, 2.05) is 43.5 Å². The van der Waals surface area contributed by atoms with Crippen LogP contribution in [0.15, 0.2) is 29.6 Å². The van der Waals surface area contributed by atoms with E-state index in [0.29, 0.717) is 11.3 Å². The summed E-state index contributed by atoms with van der Waals surface area (Å²) in [4.78, 5) is 17.2. The van der Waals surface area contributed by atoms with Crippen molar-refractivity contribution in [2.45, 2.75) is 20.3 Å². The second-order valence-electron chi connectivity index (χ2n) is 4.73. The van der Waals surface area contributed by atoms with E-state index in [1.54, 1.807) is 11.3 Å². The lowest BCUT2D eigenvalue weighted by molar-refractivity contribution is 0.102. The summed E-state index contributed by atoms with van der Waals surface area (Å²) < 4.78 is 3.84. The third kappa shape index (κ3) is 3.05. The monoisotopic (exact) mass is 330 g/mol. The van der Waals surface area contributed by atoms with Crippen LogP contribution in [0.25, 0.3) is 10.6 Å². The maximum atomic E-state index is 12.2. The fourth-order valence-corrected chi connectivity index (χ4v) is 3.43. The lowest BCUT2D eigenvalue weighted by atomic mass is 10.2. The SMILES string of the molecule is CCc1nnsc1C(=O)Nc1ccc(-c2nc(C)cs2)cc1. The Morgan fingerprint density at radius 1 is 1.27 bits per heavy atom. The molecular formula is C15H14N4OS2. The summed E-state index contributed by atoms with van der Waals surface area (Å²) in [5.74, 6) is -0.162. The highest BCUT2D eigenvalue weighted by atomic mass is 32.1. The summed E-state index contributed by atoms with van der Waals surface area (Å²) in [6, 6.07) is 7.67. The van der Waals surface area contributed by atoms with E-state index < -0.39 is 0 Å². The number of carbonyl (C=O) groups excluding carboxylic acids is 1. The minimum Gasteiger partial charge on any atom is -0.321 e. The number of rotatable bonds is 4. The normalized spacial score (nSPS) is 10.6. The van der Waals surface area contributed by atoms with Crippen molar-refractivity contribution in [2.75, 3.05) is 5.32 Å². The number of nitrogens with zero attached hydrogens (tertiary/aromatic N) is 3. The molecule has 3 rings (SSSR count). The maximum absolute atomic E-state index is 12.2. The molecule has 0 fully saturated rings. The Kier molecular flexibility index (Phi) is 4.26. The highest BCUT2D eigenvalue weighted by Crippen LogP contribution is 2.25. The third-order valence-corrected chi connectivity index (χ3v) is 4.88. The molecule has 0 radical (unpaired) electrons. The quantitative estimate of drug-likeness (QED) is 0.790. The summed E-state index contributed by atoms with van der Waals surface area (Å²) in [6.07, 6.45) is 0.696. The smallest absolute Gasteiger partial charge is 0.269 e. The summed E-state index contributed by atoms with van der Waals surface area (Å²) in [7, 11) is 0. The van der Waals surface area contributed by atoms with Gasteiger partial charge in [-0.25, -0.2) is 4.98 Å². The molecule has 3 aromatic rings. The first-order valence-corrected chi connectivity index (χ1v) is 8.48. The summed E-state index contributed by atoms with van der Waals surface area (Å²) in [5, 5.41) is 9.84. The first-order valence-electron chi connectivity index (χ1n) is 6.82. The first kappa shape index (κ1) is 14.8. The van der Waals surface area contributed by atoms with Crippen LogP contribution in [0.2, 0.25) is 0 Å². The molecule has 0 aliphatic carbocycles. The van der Waals surface area contributed by atoms with Crippen molar-refractivity contribution in [3.8, 4) is 10.6 Å². The molecule has 2 heterocycles. The van der Waals surface area contributed by atoms with Crippen molar-refractivity contribution in [3.63, 3.8) is 0 Å². The average molecular weight is 330 g/mol. The number of carbonyl (C=O) groups is 1. The van der Waals surface area contributed by atoms with Gasteiger partial charge in [0.2, 0.25) is 0 Å². The molecule has 1 N–H and O–H groups in total. The van der Waals surface area contributed by atoms with Crippen LogP contribution >= 0.6 is 22.9 Å². The lowest BCUT2D eigenvalue weighted by Gasteiger charge is -2.05. The second kappa shape index (κ2) is 6.33. The van der Waals surface area contributed by atoms with Crippen LogP contribution in [-0.4, -0.2) is 20.5 Å². The highest BCUT2D eigenvalue weighted by Gasteiger charge is 2.15. The van der Waals surface area contributed by atoms with E-state index in [4.69, 9.17) is 0 Å². The van der Waals surface area contributed by atoms with Gasteiger partial charge in [0.05, 0.1) is 5.69 Å². The Bertz CT molecular complexity index is 792. The molecule has 0 saturated heterocycles. The van der Waals surface area contributed by atoms with Gasteiger partial charge in [-0.3, -0.25) is 4.79 Å². The van der Waals surface area contributed by atoms with Gasteiger partial charge in [0.25, 0.3) is 5.91 Å². The van der Waals surface area contributed by atoms with E-state index in [9.17, 15) is 4.79 Å². The van der Waals surface area contributed by atoms with Crippen LogP contribution in [-0.2, 0) is 6.42 Å². The molecule has 0 bridgehead atoms. The summed E-state index contributed by atoms with van der Waals surface area (Å²) in [5.41, 5.74) is 3.54. The molecule has 1 amide bonds. The molecule has 0 spiro atoms. The molecule has 22 heavy (non-hydrogen) atoms. The Morgan fingerprint density at radius 3 is 2.68 bits per heavy atom. The molecule has 0 aliphatic rings. The van der Waals surface area contributed by atoms with Gasteiger partial charge in [-0.15, -0.1) is 16.4 Å².